The lowest BCUT2D eigenvalue weighted by Crippen LogP contribution is -2.44. The highest BCUT2D eigenvalue weighted by molar-refractivity contribution is 5.76. The van der Waals surface area contributed by atoms with Crippen LogP contribution in [0.5, 0.6) is 0 Å². The maximum atomic E-state index is 12.0. The van der Waals surface area contributed by atoms with E-state index in [9.17, 15) is 19.8 Å². The summed E-state index contributed by atoms with van der Waals surface area (Å²) in [5.74, 6) is -1.01. The lowest BCUT2D eigenvalue weighted by Gasteiger charge is -2.42. The van der Waals surface area contributed by atoms with Gasteiger partial charge in [0.25, 0.3) is 0 Å². The third-order valence-corrected chi connectivity index (χ3v) is 7.35. The van der Waals surface area contributed by atoms with Crippen molar-refractivity contribution in [1.29, 1.82) is 0 Å². The minimum atomic E-state index is -0.903. The van der Waals surface area contributed by atoms with E-state index in [1.165, 1.54) is 0 Å². The highest BCUT2D eigenvalue weighted by atomic mass is 16.7. The summed E-state index contributed by atoms with van der Waals surface area (Å²) in [4.78, 5) is 24.8. The summed E-state index contributed by atoms with van der Waals surface area (Å²) >= 11 is 0. The first-order valence-corrected chi connectivity index (χ1v) is 13.3. The smallest absolute Gasteiger partial charge is 0.303 e. The van der Waals surface area contributed by atoms with Crippen LogP contribution in [0.3, 0.4) is 0 Å². The van der Waals surface area contributed by atoms with E-state index in [4.69, 9.17) is 14.6 Å². The molecule has 2 heterocycles. The molecule has 0 saturated carbocycles. The van der Waals surface area contributed by atoms with E-state index in [0.717, 1.165) is 35.2 Å². The molecule has 9 nitrogen and oxygen atoms in total. The summed E-state index contributed by atoms with van der Waals surface area (Å²) < 4.78 is 13.0. The van der Waals surface area contributed by atoms with Crippen molar-refractivity contribution in [3.63, 3.8) is 0 Å². The third kappa shape index (κ3) is 7.61. The predicted molar refractivity (Wildman–Crippen MR) is 140 cm³/mol. The molecule has 4 rings (SSSR count). The maximum absolute atomic E-state index is 12.0. The Morgan fingerprint density at radius 2 is 1.68 bits per heavy atom. The molecule has 0 aromatic heterocycles. The van der Waals surface area contributed by atoms with Gasteiger partial charge in [0, 0.05) is 50.5 Å². The molecule has 0 spiro atoms. The summed E-state index contributed by atoms with van der Waals surface area (Å²) in [5, 5.41) is 31.0. The third-order valence-electron chi connectivity index (χ3n) is 7.35. The van der Waals surface area contributed by atoms with Crippen molar-refractivity contribution in [2.75, 3.05) is 19.6 Å². The standard InChI is InChI=1S/C29H38N2O7/c1-19-25(17-31-14-13-24(33)16-31)37-29(38-28(19)22-9-7-21(18-32)8-10-22)23-11-5-20(6-12-23)15-30-26(34)3-2-4-27(35)36/h5-12,19,24-25,28-29,32-33H,2-4,13-18H2,1H3,(H,30,34)(H,35,36)/t19-,24+,25+,28+,29+/m1/s1. The van der Waals surface area contributed by atoms with Crippen molar-refractivity contribution in [3.8, 4) is 0 Å². The quantitative estimate of drug-likeness (QED) is 0.352. The molecule has 2 saturated heterocycles. The van der Waals surface area contributed by atoms with Crippen LogP contribution in [0.2, 0.25) is 0 Å². The van der Waals surface area contributed by atoms with Gasteiger partial charge in [-0.05, 0) is 29.5 Å². The Balaban J connectivity index is 1.43. The van der Waals surface area contributed by atoms with Crippen molar-refractivity contribution >= 4 is 11.9 Å². The first kappa shape index (κ1) is 28.2. The number of likely N-dealkylation sites (tertiary alicyclic amines) is 1. The van der Waals surface area contributed by atoms with Gasteiger partial charge in [-0.2, -0.15) is 0 Å². The molecule has 2 aliphatic heterocycles. The van der Waals surface area contributed by atoms with Crippen LogP contribution in [0.25, 0.3) is 0 Å². The van der Waals surface area contributed by atoms with Crippen molar-refractivity contribution in [2.45, 2.75) is 70.4 Å². The number of rotatable bonds is 11. The summed E-state index contributed by atoms with van der Waals surface area (Å²) in [5.41, 5.74) is 3.66. The largest absolute Gasteiger partial charge is 0.481 e. The SMILES string of the molecule is C[C@@H]1[C@H](CN2CC[C@H](O)C2)O[C@H](c2ccc(CNC(=O)CCCC(=O)O)cc2)O[C@@H]1c1ccc(CO)cc1. The zero-order valence-electron chi connectivity index (χ0n) is 21.8. The molecule has 4 N–H and O–H groups in total. The van der Waals surface area contributed by atoms with E-state index >= 15 is 0 Å². The number of benzene rings is 2. The van der Waals surface area contributed by atoms with Crippen LogP contribution in [-0.2, 0) is 32.2 Å². The predicted octanol–water partition coefficient (Wildman–Crippen LogP) is 2.91. The normalized spacial score (nSPS) is 25.8. The van der Waals surface area contributed by atoms with Gasteiger partial charge in [-0.15, -0.1) is 0 Å². The van der Waals surface area contributed by atoms with E-state index in [0.29, 0.717) is 26.1 Å². The number of aliphatic hydroxyl groups excluding tert-OH is 2. The molecule has 0 bridgehead atoms. The van der Waals surface area contributed by atoms with Gasteiger partial charge >= 0.3 is 5.97 Å². The van der Waals surface area contributed by atoms with Crippen LogP contribution in [-0.4, -0.2) is 63.9 Å². The number of amides is 1. The Labute approximate surface area is 223 Å². The monoisotopic (exact) mass is 526 g/mol. The number of nitrogens with zero attached hydrogens (tertiary/aromatic N) is 1. The number of hydrogen-bond donors (Lipinski definition) is 4. The number of hydrogen-bond acceptors (Lipinski definition) is 7. The van der Waals surface area contributed by atoms with E-state index in [1.807, 2.05) is 48.5 Å². The first-order chi connectivity index (χ1) is 18.3. The molecule has 2 aromatic rings. The lowest BCUT2D eigenvalue weighted by atomic mass is 9.90. The Morgan fingerprint density at radius 3 is 2.32 bits per heavy atom. The average molecular weight is 527 g/mol. The second-order valence-electron chi connectivity index (χ2n) is 10.3. The molecule has 0 aliphatic carbocycles. The molecule has 2 aliphatic rings. The van der Waals surface area contributed by atoms with Crippen molar-refractivity contribution in [2.24, 2.45) is 5.92 Å². The highest BCUT2D eigenvalue weighted by Gasteiger charge is 2.39. The summed E-state index contributed by atoms with van der Waals surface area (Å²) in [6.07, 6.45) is 0.0613. The second-order valence-corrected chi connectivity index (χ2v) is 10.3. The van der Waals surface area contributed by atoms with Crippen LogP contribution < -0.4 is 5.32 Å². The number of carboxylic acid groups (broad SMARTS) is 1. The van der Waals surface area contributed by atoms with Gasteiger partial charge in [0.05, 0.1) is 24.9 Å². The van der Waals surface area contributed by atoms with Gasteiger partial charge in [-0.1, -0.05) is 55.5 Å². The molecule has 1 amide bonds. The Hall–Kier alpha value is -2.82. The van der Waals surface area contributed by atoms with E-state index < -0.39 is 12.3 Å². The Bertz CT molecular complexity index is 1060. The molecule has 9 heteroatoms. The van der Waals surface area contributed by atoms with E-state index in [2.05, 4.69) is 17.1 Å². The van der Waals surface area contributed by atoms with E-state index in [1.54, 1.807) is 0 Å². The fourth-order valence-electron chi connectivity index (χ4n) is 5.04. The molecule has 5 atom stereocenters. The minimum absolute atomic E-state index is 0.0118. The van der Waals surface area contributed by atoms with Gasteiger partial charge in [0.1, 0.15) is 0 Å². The van der Waals surface area contributed by atoms with Crippen LogP contribution in [0.1, 0.15) is 67.3 Å². The number of β-amino-alcohol motifs (C(OH)–C–C–N with tert-alkyl or cyclic N) is 1. The van der Waals surface area contributed by atoms with Gasteiger partial charge in [0.15, 0.2) is 6.29 Å². The number of carbonyl (C=O) groups excluding carboxylic acids is 1. The van der Waals surface area contributed by atoms with Crippen molar-refractivity contribution < 1.29 is 34.4 Å². The molecular weight excluding hydrogens is 488 g/mol. The number of carbonyl (C=O) groups is 2. The average Bonchev–Trinajstić information content (AvgIpc) is 3.33. The number of nitrogens with one attached hydrogen (secondary N) is 1. The van der Waals surface area contributed by atoms with Gasteiger partial charge in [0.2, 0.25) is 5.91 Å². The molecular formula is C29H38N2O7. The summed E-state index contributed by atoms with van der Waals surface area (Å²) in [6.45, 7) is 4.66. The van der Waals surface area contributed by atoms with Crippen molar-refractivity contribution in [3.05, 3.63) is 70.8 Å². The van der Waals surface area contributed by atoms with Gasteiger partial charge < -0.3 is 30.1 Å². The Morgan fingerprint density at radius 1 is 1.00 bits per heavy atom. The minimum Gasteiger partial charge on any atom is -0.481 e. The maximum Gasteiger partial charge on any atom is 0.303 e. The topological polar surface area (TPSA) is 129 Å². The van der Waals surface area contributed by atoms with Crippen LogP contribution in [0.4, 0.5) is 0 Å². The van der Waals surface area contributed by atoms with Crippen molar-refractivity contribution in [1.82, 2.24) is 10.2 Å². The summed E-state index contributed by atoms with van der Waals surface area (Å²) in [7, 11) is 0. The summed E-state index contributed by atoms with van der Waals surface area (Å²) in [6, 6.07) is 15.5. The zero-order chi connectivity index (χ0) is 27.1. The van der Waals surface area contributed by atoms with Crippen LogP contribution in [0.15, 0.2) is 48.5 Å². The van der Waals surface area contributed by atoms with Gasteiger partial charge in [-0.25, -0.2) is 0 Å². The number of aliphatic hydroxyl groups is 2. The molecule has 2 aromatic carbocycles. The van der Waals surface area contributed by atoms with Crippen LogP contribution in [0, 0.1) is 5.92 Å². The highest BCUT2D eigenvalue weighted by Crippen LogP contribution is 2.42. The second kappa shape index (κ2) is 13.3. The lowest BCUT2D eigenvalue weighted by molar-refractivity contribution is -0.276. The zero-order valence-corrected chi connectivity index (χ0v) is 21.8. The fourth-order valence-corrected chi connectivity index (χ4v) is 5.04. The van der Waals surface area contributed by atoms with E-state index in [-0.39, 0.29) is 49.6 Å². The molecule has 0 radical (unpaired) electrons. The molecule has 0 unspecified atom stereocenters. The first-order valence-electron chi connectivity index (χ1n) is 13.3. The van der Waals surface area contributed by atoms with Gasteiger partial charge in [-0.3, -0.25) is 14.5 Å². The van der Waals surface area contributed by atoms with Crippen LogP contribution >= 0.6 is 0 Å². The molecule has 2 fully saturated rings. The molecule has 206 valence electrons. The Kier molecular flexibility index (Phi) is 9.87. The number of aliphatic carboxylic acids is 1. The number of ether oxygens (including phenoxy) is 2. The number of carboxylic acids is 1. The fraction of sp³-hybridized carbons (Fsp3) is 0.517. The molecule has 38 heavy (non-hydrogen) atoms.